The fourth-order valence-corrected chi connectivity index (χ4v) is 5.67. The third-order valence-electron chi connectivity index (χ3n) is 6.00. The van der Waals surface area contributed by atoms with Gasteiger partial charge in [-0.2, -0.15) is 0 Å². The predicted octanol–water partition coefficient (Wildman–Crippen LogP) is 6.99. The molecule has 3 nitrogen and oxygen atoms in total. The highest BCUT2D eigenvalue weighted by molar-refractivity contribution is 7.12. The summed E-state index contributed by atoms with van der Waals surface area (Å²) in [5.74, 6) is 1.65. The molecule has 2 unspecified atom stereocenters. The number of fused-ring (bicyclic) bond motifs is 1. The third kappa shape index (κ3) is 6.97. The van der Waals surface area contributed by atoms with Crippen molar-refractivity contribution in [1.82, 2.24) is 0 Å². The Labute approximate surface area is 190 Å². The summed E-state index contributed by atoms with van der Waals surface area (Å²) in [5.41, 5.74) is 7.37. The van der Waals surface area contributed by atoms with Crippen molar-refractivity contribution in [3.05, 3.63) is 15.3 Å². The molecular weight excluding hydrogens is 390 g/mol. The zero-order valence-corrected chi connectivity index (χ0v) is 21.6. The highest BCUT2D eigenvalue weighted by Gasteiger charge is 2.39. The molecule has 174 valence electrons. The average molecular weight is 438 g/mol. The summed E-state index contributed by atoms with van der Waals surface area (Å²) in [7, 11) is 0. The summed E-state index contributed by atoms with van der Waals surface area (Å²) in [6.07, 6.45) is 9.62. The first-order valence-corrected chi connectivity index (χ1v) is 13.0. The van der Waals surface area contributed by atoms with Crippen LogP contribution in [0.15, 0.2) is 0 Å². The quantitative estimate of drug-likeness (QED) is 0.379. The molecule has 30 heavy (non-hydrogen) atoms. The lowest BCUT2D eigenvalue weighted by molar-refractivity contribution is 0.0228. The van der Waals surface area contributed by atoms with E-state index in [1.165, 1.54) is 46.8 Å². The largest absolute Gasteiger partial charge is 0.489 e. The van der Waals surface area contributed by atoms with Crippen LogP contribution < -0.4 is 10.5 Å². The first kappa shape index (κ1) is 25.7. The Morgan fingerprint density at radius 1 is 0.967 bits per heavy atom. The van der Waals surface area contributed by atoms with E-state index in [9.17, 15) is 0 Å². The van der Waals surface area contributed by atoms with Crippen LogP contribution in [0.5, 0.6) is 5.75 Å². The molecule has 0 saturated carbocycles. The SMILES string of the molecule is CCCCOCC1Cc2c(C(C)(C)C)sc(C(C)(C)C)c2OC1CCCCCCN. The van der Waals surface area contributed by atoms with Crippen LogP contribution in [0.25, 0.3) is 0 Å². The van der Waals surface area contributed by atoms with Crippen LogP contribution in [0.2, 0.25) is 0 Å². The van der Waals surface area contributed by atoms with Crippen molar-refractivity contribution in [3.8, 4) is 5.75 Å². The molecular formula is C26H47NO2S. The smallest absolute Gasteiger partial charge is 0.137 e. The minimum absolute atomic E-state index is 0.106. The molecule has 0 radical (unpaired) electrons. The molecule has 0 fully saturated rings. The van der Waals surface area contributed by atoms with E-state index in [1.54, 1.807) is 0 Å². The van der Waals surface area contributed by atoms with Crippen LogP contribution in [0.3, 0.4) is 0 Å². The summed E-state index contributed by atoms with van der Waals surface area (Å²) >= 11 is 1.98. The zero-order chi connectivity index (χ0) is 22.4. The second-order valence-corrected chi connectivity index (χ2v) is 12.1. The van der Waals surface area contributed by atoms with Gasteiger partial charge < -0.3 is 15.2 Å². The highest BCUT2D eigenvalue weighted by atomic mass is 32.1. The normalized spacial score (nSPS) is 19.6. The molecule has 2 heterocycles. The molecule has 0 aliphatic carbocycles. The van der Waals surface area contributed by atoms with Gasteiger partial charge in [-0.1, -0.05) is 67.7 Å². The van der Waals surface area contributed by atoms with E-state index >= 15 is 0 Å². The fraction of sp³-hybridized carbons (Fsp3) is 0.846. The Morgan fingerprint density at radius 2 is 1.63 bits per heavy atom. The maximum absolute atomic E-state index is 6.85. The number of ether oxygens (including phenoxy) is 2. The molecule has 1 aromatic heterocycles. The second-order valence-electron chi connectivity index (χ2n) is 11.1. The first-order chi connectivity index (χ1) is 14.1. The van der Waals surface area contributed by atoms with E-state index in [2.05, 4.69) is 48.5 Å². The first-order valence-electron chi connectivity index (χ1n) is 12.2. The molecule has 0 saturated heterocycles. The van der Waals surface area contributed by atoms with Crippen molar-refractivity contribution >= 4 is 11.3 Å². The highest BCUT2D eigenvalue weighted by Crippen LogP contribution is 2.50. The van der Waals surface area contributed by atoms with E-state index < -0.39 is 0 Å². The standard InChI is InChI=1S/C26H47NO2S/c1-8-9-16-28-18-19-17-20-22(29-21(19)14-12-10-11-13-15-27)24(26(5,6)7)30-23(20)25(2,3)4/h19,21H,8-18,27H2,1-7H3. The van der Waals surface area contributed by atoms with Crippen molar-refractivity contribution in [3.63, 3.8) is 0 Å². The van der Waals surface area contributed by atoms with Crippen LogP contribution >= 0.6 is 11.3 Å². The van der Waals surface area contributed by atoms with Gasteiger partial charge in [-0.05, 0) is 49.5 Å². The molecule has 1 aromatic rings. The monoisotopic (exact) mass is 437 g/mol. The van der Waals surface area contributed by atoms with E-state index in [4.69, 9.17) is 15.2 Å². The lowest BCUT2D eigenvalue weighted by Gasteiger charge is -2.35. The van der Waals surface area contributed by atoms with Gasteiger partial charge in [0.15, 0.2) is 0 Å². The average Bonchev–Trinajstić information content (AvgIpc) is 3.04. The van der Waals surface area contributed by atoms with Gasteiger partial charge in [0.2, 0.25) is 0 Å². The Morgan fingerprint density at radius 3 is 2.23 bits per heavy atom. The van der Waals surface area contributed by atoms with Gasteiger partial charge in [0, 0.05) is 23.0 Å². The Bertz CT molecular complexity index is 639. The Kier molecular flexibility index (Phi) is 9.70. The van der Waals surface area contributed by atoms with Crippen molar-refractivity contribution in [2.24, 2.45) is 11.7 Å². The molecule has 0 bridgehead atoms. The van der Waals surface area contributed by atoms with Gasteiger partial charge in [-0.25, -0.2) is 0 Å². The lowest BCUT2D eigenvalue weighted by Crippen LogP contribution is -2.37. The van der Waals surface area contributed by atoms with Gasteiger partial charge in [-0.15, -0.1) is 11.3 Å². The summed E-state index contributed by atoms with van der Waals surface area (Å²) in [6, 6.07) is 0. The predicted molar refractivity (Wildman–Crippen MR) is 131 cm³/mol. The molecule has 0 aromatic carbocycles. The summed E-state index contributed by atoms with van der Waals surface area (Å²) in [5, 5.41) is 0. The van der Waals surface area contributed by atoms with Gasteiger partial charge >= 0.3 is 0 Å². The van der Waals surface area contributed by atoms with Crippen LogP contribution in [0.1, 0.15) is 109 Å². The topological polar surface area (TPSA) is 44.5 Å². The minimum atomic E-state index is 0.106. The number of rotatable bonds is 11. The van der Waals surface area contributed by atoms with Crippen molar-refractivity contribution in [2.45, 2.75) is 117 Å². The molecule has 1 aliphatic heterocycles. The molecule has 1 aliphatic rings. The van der Waals surface area contributed by atoms with Gasteiger partial charge in [0.25, 0.3) is 0 Å². The Hall–Kier alpha value is -0.580. The maximum Gasteiger partial charge on any atom is 0.137 e. The van der Waals surface area contributed by atoms with Crippen LogP contribution in [0.4, 0.5) is 0 Å². The van der Waals surface area contributed by atoms with E-state index in [1.807, 2.05) is 11.3 Å². The van der Waals surface area contributed by atoms with E-state index in [0.29, 0.717) is 5.92 Å². The zero-order valence-electron chi connectivity index (χ0n) is 20.7. The number of hydrogen-bond acceptors (Lipinski definition) is 4. The van der Waals surface area contributed by atoms with Crippen molar-refractivity contribution < 1.29 is 9.47 Å². The van der Waals surface area contributed by atoms with Crippen molar-refractivity contribution in [1.29, 1.82) is 0 Å². The van der Waals surface area contributed by atoms with Gasteiger partial charge in [0.1, 0.15) is 11.9 Å². The van der Waals surface area contributed by atoms with Gasteiger partial charge in [-0.3, -0.25) is 0 Å². The maximum atomic E-state index is 6.85. The van der Waals surface area contributed by atoms with Crippen LogP contribution in [0, 0.1) is 5.92 Å². The summed E-state index contributed by atoms with van der Waals surface area (Å²) in [4.78, 5) is 2.92. The fourth-order valence-electron chi connectivity index (χ4n) is 4.29. The summed E-state index contributed by atoms with van der Waals surface area (Å²) < 4.78 is 13.0. The molecule has 0 amide bonds. The van der Waals surface area contributed by atoms with Crippen LogP contribution in [-0.4, -0.2) is 25.9 Å². The van der Waals surface area contributed by atoms with E-state index in [0.717, 1.165) is 45.4 Å². The van der Waals surface area contributed by atoms with Crippen LogP contribution in [-0.2, 0) is 22.0 Å². The molecule has 4 heteroatoms. The molecule has 2 rings (SSSR count). The van der Waals surface area contributed by atoms with Crippen molar-refractivity contribution in [2.75, 3.05) is 19.8 Å². The number of hydrogen-bond donors (Lipinski definition) is 1. The second kappa shape index (κ2) is 11.3. The number of unbranched alkanes of at least 4 members (excludes halogenated alkanes) is 4. The Balaban J connectivity index is 2.25. The molecule has 2 atom stereocenters. The number of nitrogens with two attached hydrogens (primary N) is 1. The third-order valence-corrected chi connectivity index (χ3v) is 8.06. The molecule has 0 spiro atoms. The number of thiophene rings is 1. The summed E-state index contributed by atoms with van der Waals surface area (Å²) in [6.45, 7) is 18.7. The lowest BCUT2D eigenvalue weighted by atomic mass is 9.82. The molecule has 2 N–H and O–H groups in total. The minimum Gasteiger partial charge on any atom is -0.489 e. The van der Waals surface area contributed by atoms with E-state index in [-0.39, 0.29) is 16.9 Å². The van der Waals surface area contributed by atoms with Gasteiger partial charge in [0.05, 0.1) is 11.5 Å².